The normalized spacial score (nSPS) is 13.5. The summed E-state index contributed by atoms with van der Waals surface area (Å²) in [6.07, 6.45) is 0. The molecule has 0 radical (unpaired) electrons. The Morgan fingerprint density at radius 2 is 1.05 bits per heavy atom. The van der Waals surface area contributed by atoms with Gasteiger partial charge in [0.1, 0.15) is 22.8 Å². The maximum Gasteiger partial charge on any atom is 0.260 e. The molecule has 3 aliphatic heterocycles. The SMILES string of the molecule is c1ccc(N2c3ccccc3Oc3c2n(-c2ccccc2)c2c4c5c(cc32)Oc2ccccc2B5c2ccccc2O4)cc1. The van der Waals surface area contributed by atoms with E-state index in [4.69, 9.17) is 14.2 Å². The number of hydrogen-bond acceptors (Lipinski definition) is 4. The molecule has 0 bridgehead atoms. The molecule has 44 heavy (non-hydrogen) atoms. The van der Waals surface area contributed by atoms with Crippen LogP contribution in [0.15, 0.2) is 140 Å². The average molecular weight is 566 g/mol. The van der Waals surface area contributed by atoms with Gasteiger partial charge < -0.3 is 14.2 Å². The first-order valence-electron chi connectivity index (χ1n) is 14.8. The first-order chi connectivity index (χ1) is 21.8. The summed E-state index contributed by atoms with van der Waals surface area (Å²) in [5.41, 5.74) is 7.26. The van der Waals surface area contributed by atoms with Gasteiger partial charge >= 0.3 is 0 Å². The van der Waals surface area contributed by atoms with E-state index < -0.39 is 0 Å². The molecule has 6 heteroatoms. The van der Waals surface area contributed by atoms with Crippen LogP contribution in [0.4, 0.5) is 17.2 Å². The van der Waals surface area contributed by atoms with E-state index in [0.717, 1.165) is 84.7 Å². The predicted octanol–water partition coefficient (Wildman–Crippen LogP) is 7.93. The molecule has 0 fully saturated rings. The molecule has 10 rings (SSSR count). The number of hydrogen-bond donors (Lipinski definition) is 0. The summed E-state index contributed by atoms with van der Waals surface area (Å²) in [6.45, 7) is -0.0289. The van der Waals surface area contributed by atoms with Crippen LogP contribution in [0.5, 0.6) is 34.5 Å². The molecule has 4 heterocycles. The van der Waals surface area contributed by atoms with Crippen molar-refractivity contribution in [2.45, 2.75) is 0 Å². The summed E-state index contributed by atoms with van der Waals surface area (Å²) in [6, 6.07) is 47.9. The van der Waals surface area contributed by atoms with Crippen LogP contribution in [0.1, 0.15) is 0 Å². The third-order valence-corrected chi connectivity index (χ3v) is 8.88. The third kappa shape index (κ3) is 3.14. The number of anilines is 3. The van der Waals surface area contributed by atoms with Gasteiger partial charge in [-0.25, -0.2) is 0 Å². The smallest absolute Gasteiger partial charge is 0.260 e. The lowest BCUT2D eigenvalue weighted by molar-refractivity contribution is 0.466. The zero-order valence-electron chi connectivity index (χ0n) is 23.5. The van der Waals surface area contributed by atoms with Crippen molar-refractivity contribution in [2.75, 3.05) is 4.90 Å². The van der Waals surface area contributed by atoms with Gasteiger partial charge in [0.2, 0.25) is 0 Å². The van der Waals surface area contributed by atoms with E-state index in [0.29, 0.717) is 0 Å². The molecule has 5 nitrogen and oxygen atoms in total. The van der Waals surface area contributed by atoms with Crippen molar-refractivity contribution in [1.29, 1.82) is 0 Å². The first-order valence-corrected chi connectivity index (χ1v) is 14.8. The van der Waals surface area contributed by atoms with Crippen molar-refractivity contribution in [3.05, 3.63) is 140 Å². The monoisotopic (exact) mass is 566 g/mol. The molecule has 1 aromatic heterocycles. The highest BCUT2D eigenvalue weighted by molar-refractivity contribution is 6.98. The molecule has 3 aliphatic rings. The lowest BCUT2D eigenvalue weighted by Crippen LogP contribution is -2.57. The Kier molecular flexibility index (Phi) is 4.74. The molecule has 7 aromatic rings. The second kappa shape index (κ2) is 8.82. The van der Waals surface area contributed by atoms with Crippen molar-refractivity contribution in [3.8, 4) is 40.2 Å². The fraction of sp³-hybridized carbons (Fsp3) is 0. The van der Waals surface area contributed by atoms with Crippen LogP contribution in [0.3, 0.4) is 0 Å². The van der Waals surface area contributed by atoms with Crippen molar-refractivity contribution < 1.29 is 14.2 Å². The topological polar surface area (TPSA) is 35.9 Å². The van der Waals surface area contributed by atoms with Crippen molar-refractivity contribution in [3.63, 3.8) is 0 Å². The second-order valence-corrected chi connectivity index (χ2v) is 11.3. The van der Waals surface area contributed by atoms with E-state index in [1.807, 2.05) is 36.4 Å². The van der Waals surface area contributed by atoms with Crippen molar-refractivity contribution in [1.82, 2.24) is 4.57 Å². The minimum Gasteiger partial charge on any atom is -0.458 e. The standard InChI is InChI=1S/C38H23BN2O3/c1-3-13-24(14-4-1)40-29-19-9-12-22-32(29)44-36-26-23-33-34-37(35(26)41(38(36)40)25-15-5-2-6-16-25)43-31-21-11-8-18-28(31)39(34)27-17-7-10-20-30(27)42-33/h1-23H. The van der Waals surface area contributed by atoms with Gasteiger partial charge in [-0.15, -0.1) is 0 Å². The van der Waals surface area contributed by atoms with Gasteiger partial charge in [0.25, 0.3) is 6.71 Å². The molecule has 0 amide bonds. The van der Waals surface area contributed by atoms with Crippen molar-refractivity contribution in [2.24, 2.45) is 0 Å². The highest BCUT2D eigenvalue weighted by Gasteiger charge is 2.43. The molecule has 0 saturated heterocycles. The zero-order valence-corrected chi connectivity index (χ0v) is 23.5. The zero-order chi connectivity index (χ0) is 28.8. The van der Waals surface area contributed by atoms with Gasteiger partial charge in [0, 0.05) is 16.8 Å². The number of para-hydroxylation sites is 6. The third-order valence-electron chi connectivity index (χ3n) is 8.88. The van der Waals surface area contributed by atoms with Crippen LogP contribution in [0.25, 0.3) is 16.6 Å². The fourth-order valence-corrected chi connectivity index (χ4v) is 7.08. The molecule has 206 valence electrons. The summed E-state index contributed by atoms with van der Waals surface area (Å²) in [5.74, 6) is 5.74. The van der Waals surface area contributed by atoms with Gasteiger partial charge in [-0.1, -0.05) is 84.9 Å². The Balaban J connectivity index is 1.37. The van der Waals surface area contributed by atoms with E-state index in [-0.39, 0.29) is 6.71 Å². The van der Waals surface area contributed by atoms with Crippen LogP contribution in [0.2, 0.25) is 0 Å². The maximum absolute atomic E-state index is 6.94. The quantitative estimate of drug-likeness (QED) is 0.199. The van der Waals surface area contributed by atoms with E-state index in [9.17, 15) is 0 Å². The highest BCUT2D eigenvalue weighted by atomic mass is 16.5. The average Bonchev–Trinajstić information content (AvgIpc) is 3.41. The molecule has 0 aliphatic carbocycles. The predicted molar refractivity (Wildman–Crippen MR) is 176 cm³/mol. The lowest BCUT2D eigenvalue weighted by Gasteiger charge is -2.33. The first kappa shape index (κ1) is 23.7. The summed E-state index contributed by atoms with van der Waals surface area (Å²) in [4.78, 5) is 2.29. The molecule has 0 spiro atoms. The van der Waals surface area contributed by atoms with Crippen LogP contribution < -0.4 is 35.5 Å². The van der Waals surface area contributed by atoms with E-state index in [1.54, 1.807) is 0 Å². The van der Waals surface area contributed by atoms with E-state index in [1.165, 1.54) is 0 Å². The van der Waals surface area contributed by atoms with Crippen LogP contribution in [-0.4, -0.2) is 11.3 Å². The Bertz CT molecular complexity index is 2270. The Labute approximate surface area is 254 Å². The van der Waals surface area contributed by atoms with Gasteiger partial charge in [0.15, 0.2) is 23.1 Å². The molecule has 6 aromatic carbocycles. The fourth-order valence-electron chi connectivity index (χ4n) is 7.08. The number of aromatic nitrogens is 1. The number of nitrogens with zero attached hydrogens (tertiary/aromatic N) is 2. The maximum atomic E-state index is 6.94. The minimum atomic E-state index is -0.0289. The van der Waals surface area contributed by atoms with Gasteiger partial charge in [0.05, 0.1) is 11.1 Å². The number of rotatable bonds is 2. The molecular weight excluding hydrogens is 543 g/mol. The van der Waals surface area contributed by atoms with Crippen LogP contribution in [-0.2, 0) is 0 Å². The Morgan fingerprint density at radius 3 is 1.77 bits per heavy atom. The Hall–Kier alpha value is -5.88. The van der Waals surface area contributed by atoms with E-state index in [2.05, 4.69) is 113 Å². The van der Waals surface area contributed by atoms with Crippen molar-refractivity contribution >= 4 is 51.2 Å². The summed E-state index contributed by atoms with van der Waals surface area (Å²) >= 11 is 0. The van der Waals surface area contributed by atoms with Gasteiger partial charge in [-0.3, -0.25) is 9.47 Å². The second-order valence-electron chi connectivity index (χ2n) is 11.3. The molecule has 0 saturated carbocycles. The Morgan fingerprint density at radius 1 is 0.477 bits per heavy atom. The number of fused-ring (bicyclic) bond motifs is 9. The number of ether oxygens (including phenoxy) is 3. The van der Waals surface area contributed by atoms with Gasteiger partial charge in [-0.05, 0) is 65.5 Å². The van der Waals surface area contributed by atoms with Crippen LogP contribution in [0, 0.1) is 0 Å². The molecule has 0 N–H and O–H groups in total. The van der Waals surface area contributed by atoms with Gasteiger partial charge in [-0.2, -0.15) is 0 Å². The lowest BCUT2D eigenvalue weighted by atomic mass is 9.35. The summed E-state index contributed by atoms with van der Waals surface area (Å²) in [7, 11) is 0. The molecule has 0 unspecified atom stereocenters. The van der Waals surface area contributed by atoms with Crippen LogP contribution >= 0.6 is 0 Å². The highest BCUT2D eigenvalue weighted by Crippen LogP contribution is 2.57. The number of benzene rings is 6. The largest absolute Gasteiger partial charge is 0.458 e. The minimum absolute atomic E-state index is 0.0289. The summed E-state index contributed by atoms with van der Waals surface area (Å²) in [5, 5.41) is 0.922. The molecule has 0 atom stereocenters. The molecular formula is C38H23BN2O3. The summed E-state index contributed by atoms with van der Waals surface area (Å²) < 4.78 is 22.7. The van der Waals surface area contributed by atoms with E-state index >= 15 is 0 Å².